The molecule has 0 aliphatic heterocycles. The number of aromatic nitrogens is 2. The molecule has 7 nitrogen and oxygen atoms in total. The standard InChI is InChI=1S/C10H20N6O/c1-6(2)7(5-17-3)13-8-4-9(16-12)15-10(11)14-8/h4,6-7H,5,12H2,1-3H3,(H4,11,13,14,15,16). The van der Waals surface area contributed by atoms with Crippen molar-refractivity contribution in [3.8, 4) is 0 Å². The number of methoxy groups -OCH3 is 1. The van der Waals surface area contributed by atoms with Crippen LogP contribution in [0.15, 0.2) is 6.07 Å². The van der Waals surface area contributed by atoms with Crippen molar-refractivity contribution in [2.75, 3.05) is 30.2 Å². The summed E-state index contributed by atoms with van der Waals surface area (Å²) < 4.78 is 5.15. The minimum atomic E-state index is 0.153. The zero-order chi connectivity index (χ0) is 12.8. The molecule has 0 amide bonds. The first-order chi connectivity index (χ1) is 8.06. The molecule has 0 fully saturated rings. The Bertz CT molecular complexity index is 357. The molecule has 0 aliphatic carbocycles. The third kappa shape index (κ3) is 4.04. The zero-order valence-electron chi connectivity index (χ0n) is 10.4. The molecule has 0 saturated heterocycles. The van der Waals surface area contributed by atoms with Crippen molar-refractivity contribution in [1.29, 1.82) is 0 Å². The van der Waals surface area contributed by atoms with Crippen molar-refractivity contribution in [3.63, 3.8) is 0 Å². The van der Waals surface area contributed by atoms with E-state index < -0.39 is 0 Å². The van der Waals surface area contributed by atoms with E-state index in [4.69, 9.17) is 16.3 Å². The van der Waals surface area contributed by atoms with Gasteiger partial charge in [-0.3, -0.25) is 0 Å². The average molecular weight is 240 g/mol. The molecule has 0 spiro atoms. The van der Waals surface area contributed by atoms with Crippen LogP contribution in [0.3, 0.4) is 0 Å². The van der Waals surface area contributed by atoms with E-state index in [0.29, 0.717) is 24.2 Å². The maximum absolute atomic E-state index is 5.57. The monoisotopic (exact) mass is 240 g/mol. The van der Waals surface area contributed by atoms with Crippen molar-refractivity contribution < 1.29 is 4.74 Å². The second-order valence-electron chi connectivity index (χ2n) is 4.09. The van der Waals surface area contributed by atoms with E-state index >= 15 is 0 Å². The van der Waals surface area contributed by atoms with Gasteiger partial charge in [0.25, 0.3) is 0 Å². The fourth-order valence-electron chi connectivity index (χ4n) is 1.38. The van der Waals surface area contributed by atoms with Crippen molar-refractivity contribution in [2.24, 2.45) is 11.8 Å². The number of rotatable bonds is 6. The Kier molecular flexibility index (Phi) is 4.92. The number of nitrogens with zero attached hydrogens (tertiary/aromatic N) is 2. The van der Waals surface area contributed by atoms with Gasteiger partial charge in [0.1, 0.15) is 11.6 Å². The molecule has 1 aromatic heterocycles. The predicted molar refractivity (Wildman–Crippen MR) is 68.4 cm³/mol. The Balaban J connectivity index is 2.81. The highest BCUT2D eigenvalue weighted by Crippen LogP contribution is 2.15. The molecule has 7 heteroatoms. The molecule has 96 valence electrons. The number of nitrogens with two attached hydrogens (primary N) is 2. The summed E-state index contributed by atoms with van der Waals surface area (Å²) in [4.78, 5) is 8.00. The SMILES string of the molecule is COCC(Nc1cc(NN)nc(N)n1)C(C)C. The van der Waals surface area contributed by atoms with Gasteiger partial charge in [0.15, 0.2) is 0 Å². The molecular formula is C10H20N6O. The summed E-state index contributed by atoms with van der Waals surface area (Å²) in [6, 6.07) is 1.85. The van der Waals surface area contributed by atoms with Crippen LogP contribution >= 0.6 is 0 Å². The van der Waals surface area contributed by atoms with Crippen LogP contribution in [0.25, 0.3) is 0 Å². The van der Waals surface area contributed by atoms with Crippen LogP contribution < -0.4 is 22.3 Å². The van der Waals surface area contributed by atoms with Gasteiger partial charge in [-0.15, -0.1) is 0 Å². The van der Waals surface area contributed by atoms with Gasteiger partial charge < -0.3 is 21.2 Å². The smallest absolute Gasteiger partial charge is 0.223 e. The summed E-state index contributed by atoms with van der Waals surface area (Å²) in [6.45, 7) is 4.79. The molecule has 1 heterocycles. The Labute approximate surface area is 101 Å². The highest BCUT2D eigenvalue weighted by Gasteiger charge is 2.14. The van der Waals surface area contributed by atoms with Gasteiger partial charge in [0.05, 0.1) is 12.6 Å². The number of anilines is 3. The first-order valence-corrected chi connectivity index (χ1v) is 5.43. The van der Waals surface area contributed by atoms with Gasteiger partial charge in [-0.25, -0.2) is 5.84 Å². The van der Waals surface area contributed by atoms with Crippen LogP contribution in [0.4, 0.5) is 17.6 Å². The van der Waals surface area contributed by atoms with Crippen LogP contribution in [0, 0.1) is 5.92 Å². The molecule has 1 rings (SSSR count). The van der Waals surface area contributed by atoms with Crippen molar-refractivity contribution in [1.82, 2.24) is 9.97 Å². The van der Waals surface area contributed by atoms with Crippen LogP contribution in [0.2, 0.25) is 0 Å². The third-order valence-corrected chi connectivity index (χ3v) is 2.38. The van der Waals surface area contributed by atoms with Crippen molar-refractivity contribution in [2.45, 2.75) is 19.9 Å². The van der Waals surface area contributed by atoms with Crippen LogP contribution in [-0.4, -0.2) is 29.7 Å². The molecule has 0 aliphatic rings. The molecule has 0 aromatic carbocycles. The number of hydrogen-bond donors (Lipinski definition) is 4. The van der Waals surface area contributed by atoms with Gasteiger partial charge in [0, 0.05) is 13.2 Å². The highest BCUT2D eigenvalue weighted by molar-refractivity contribution is 5.50. The van der Waals surface area contributed by atoms with Gasteiger partial charge >= 0.3 is 0 Å². The summed E-state index contributed by atoms with van der Waals surface area (Å²) in [5.41, 5.74) is 8.01. The first-order valence-electron chi connectivity index (χ1n) is 5.43. The minimum Gasteiger partial charge on any atom is -0.383 e. The van der Waals surface area contributed by atoms with Gasteiger partial charge in [0.2, 0.25) is 5.95 Å². The lowest BCUT2D eigenvalue weighted by Crippen LogP contribution is -2.31. The van der Waals surface area contributed by atoms with E-state index in [2.05, 4.69) is 34.6 Å². The minimum absolute atomic E-state index is 0.153. The Hall–Kier alpha value is -1.60. The summed E-state index contributed by atoms with van der Waals surface area (Å²) in [6.07, 6.45) is 0. The van der Waals surface area contributed by atoms with Crippen LogP contribution in [-0.2, 0) is 4.74 Å². The summed E-state index contributed by atoms with van der Waals surface area (Å²) in [7, 11) is 1.66. The second-order valence-corrected chi connectivity index (χ2v) is 4.09. The maximum Gasteiger partial charge on any atom is 0.223 e. The summed E-state index contributed by atoms with van der Waals surface area (Å²) in [5, 5.41) is 3.24. The van der Waals surface area contributed by atoms with Gasteiger partial charge in [-0.1, -0.05) is 13.8 Å². The molecule has 0 saturated carbocycles. The van der Waals surface area contributed by atoms with E-state index in [1.165, 1.54) is 0 Å². The highest BCUT2D eigenvalue weighted by atomic mass is 16.5. The lowest BCUT2D eigenvalue weighted by atomic mass is 10.1. The van der Waals surface area contributed by atoms with E-state index in [1.54, 1.807) is 13.2 Å². The van der Waals surface area contributed by atoms with Crippen molar-refractivity contribution in [3.05, 3.63) is 6.07 Å². The van der Waals surface area contributed by atoms with E-state index in [-0.39, 0.29) is 12.0 Å². The summed E-state index contributed by atoms with van der Waals surface area (Å²) >= 11 is 0. The lowest BCUT2D eigenvalue weighted by molar-refractivity contribution is 0.171. The molecule has 6 N–H and O–H groups in total. The van der Waals surface area contributed by atoms with Gasteiger partial charge in [-0.2, -0.15) is 9.97 Å². The van der Waals surface area contributed by atoms with E-state index in [0.717, 1.165) is 0 Å². The Morgan fingerprint density at radius 3 is 2.53 bits per heavy atom. The Morgan fingerprint density at radius 1 is 1.35 bits per heavy atom. The molecule has 0 radical (unpaired) electrons. The van der Waals surface area contributed by atoms with Crippen molar-refractivity contribution >= 4 is 17.6 Å². The number of ether oxygens (including phenoxy) is 1. The molecule has 0 bridgehead atoms. The second kappa shape index (κ2) is 6.21. The molecule has 17 heavy (non-hydrogen) atoms. The first kappa shape index (κ1) is 13.5. The summed E-state index contributed by atoms with van der Waals surface area (Å²) in [5.74, 6) is 6.96. The fraction of sp³-hybridized carbons (Fsp3) is 0.600. The van der Waals surface area contributed by atoms with E-state index in [9.17, 15) is 0 Å². The molecule has 1 atom stereocenters. The maximum atomic E-state index is 5.57. The Morgan fingerprint density at radius 2 is 2.00 bits per heavy atom. The largest absolute Gasteiger partial charge is 0.383 e. The lowest BCUT2D eigenvalue weighted by Gasteiger charge is -2.22. The van der Waals surface area contributed by atoms with E-state index in [1.807, 2.05) is 0 Å². The van der Waals surface area contributed by atoms with Crippen LogP contribution in [0.1, 0.15) is 13.8 Å². The number of nitrogen functional groups attached to an aromatic ring is 2. The topological polar surface area (TPSA) is 111 Å². The quantitative estimate of drug-likeness (QED) is 0.421. The fourth-order valence-corrected chi connectivity index (χ4v) is 1.38. The number of hydrogen-bond acceptors (Lipinski definition) is 7. The molecule has 1 aromatic rings. The van der Waals surface area contributed by atoms with Crippen LogP contribution in [0.5, 0.6) is 0 Å². The third-order valence-electron chi connectivity index (χ3n) is 2.38. The van der Waals surface area contributed by atoms with Gasteiger partial charge in [-0.05, 0) is 5.92 Å². The zero-order valence-corrected chi connectivity index (χ0v) is 10.4. The molecule has 1 unspecified atom stereocenters. The normalized spacial score (nSPS) is 12.5. The molecular weight excluding hydrogens is 220 g/mol. The average Bonchev–Trinajstić information content (AvgIpc) is 2.27. The number of hydrazine groups is 1. The number of nitrogens with one attached hydrogen (secondary N) is 2. The predicted octanol–water partition coefficient (Wildman–Crippen LogP) is 0.427.